The molecule has 1 aromatic carbocycles. The standard InChI is InChI=1S/C17H15BrN2S/c1-11-5-6-14-15(9-19)17(21-16(14)7-11)20-10-12-3-2-4-13(18)8-12/h2-4,8,10-11H,5-7H2,1H3/b20-10+. The quantitative estimate of drug-likeness (QED) is 0.674. The summed E-state index contributed by atoms with van der Waals surface area (Å²) in [5.74, 6) is 0.713. The van der Waals surface area contributed by atoms with E-state index in [-0.39, 0.29) is 0 Å². The summed E-state index contributed by atoms with van der Waals surface area (Å²) in [4.78, 5) is 5.92. The van der Waals surface area contributed by atoms with Gasteiger partial charge in [0.05, 0.1) is 5.56 Å². The predicted octanol–water partition coefficient (Wildman–Crippen LogP) is 5.26. The second kappa shape index (κ2) is 6.13. The zero-order chi connectivity index (χ0) is 14.8. The largest absolute Gasteiger partial charge is 0.244 e. The Hall–Kier alpha value is -1.44. The molecule has 1 aliphatic carbocycles. The van der Waals surface area contributed by atoms with E-state index in [9.17, 15) is 5.26 Å². The molecule has 3 rings (SSSR count). The zero-order valence-electron chi connectivity index (χ0n) is 11.8. The van der Waals surface area contributed by atoms with Gasteiger partial charge < -0.3 is 0 Å². The Labute approximate surface area is 137 Å². The second-order valence-corrected chi connectivity index (χ2v) is 7.46. The lowest BCUT2D eigenvalue weighted by molar-refractivity contribution is 0.507. The molecule has 0 fully saturated rings. The SMILES string of the molecule is CC1CCc2c(sc(/N=C/c3cccc(Br)c3)c2C#N)C1. The van der Waals surface area contributed by atoms with Crippen molar-refractivity contribution in [3.63, 3.8) is 0 Å². The smallest absolute Gasteiger partial charge is 0.134 e. The van der Waals surface area contributed by atoms with Crippen LogP contribution in [0.2, 0.25) is 0 Å². The van der Waals surface area contributed by atoms with E-state index in [1.54, 1.807) is 11.3 Å². The van der Waals surface area contributed by atoms with E-state index in [0.717, 1.165) is 33.4 Å². The van der Waals surface area contributed by atoms with Crippen LogP contribution in [0.25, 0.3) is 0 Å². The molecule has 1 heterocycles. The van der Waals surface area contributed by atoms with E-state index < -0.39 is 0 Å². The van der Waals surface area contributed by atoms with Gasteiger partial charge in [-0.1, -0.05) is 35.0 Å². The summed E-state index contributed by atoms with van der Waals surface area (Å²) in [7, 11) is 0. The molecule has 1 aliphatic rings. The number of hydrogen-bond donors (Lipinski definition) is 0. The van der Waals surface area contributed by atoms with Crippen LogP contribution in [0.1, 0.15) is 34.9 Å². The minimum absolute atomic E-state index is 0.713. The van der Waals surface area contributed by atoms with Crippen molar-refractivity contribution in [3.05, 3.63) is 50.3 Å². The topological polar surface area (TPSA) is 36.1 Å². The fourth-order valence-corrected chi connectivity index (χ4v) is 4.38. The number of nitriles is 1. The summed E-state index contributed by atoms with van der Waals surface area (Å²) in [5.41, 5.74) is 3.06. The van der Waals surface area contributed by atoms with E-state index in [1.165, 1.54) is 16.9 Å². The first kappa shape index (κ1) is 14.5. The van der Waals surface area contributed by atoms with Gasteiger partial charge in [0.15, 0.2) is 0 Å². The minimum atomic E-state index is 0.713. The molecule has 1 atom stereocenters. The van der Waals surface area contributed by atoms with Crippen LogP contribution >= 0.6 is 27.3 Å². The van der Waals surface area contributed by atoms with Crippen molar-refractivity contribution in [2.75, 3.05) is 0 Å². The summed E-state index contributed by atoms with van der Waals surface area (Å²) in [6, 6.07) is 10.4. The van der Waals surface area contributed by atoms with Crippen LogP contribution in [0.5, 0.6) is 0 Å². The number of benzene rings is 1. The van der Waals surface area contributed by atoms with E-state index in [4.69, 9.17) is 0 Å². The first-order valence-electron chi connectivity index (χ1n) is 7.01. The van der Waals surface area contributed by atoms with Gasteiger partial charge in [-0.2, -0.15) is 5.26 Å². The fraction of sp³-hybridized carbons (Fsp3) is 0.294. The molecule has 0 aliphatic heterocycles. The van der Waals surface area contributed by atoms with E-state index in [2.05, 4.69) is 33.9 Å². The maximum absolute atomic E-state index is 9.45. The molecule has 2 nitrogen and oxygen atoms in total. The minimum Gasteiger partial charge on any atom is -0.244 e. The van der Waals surface area contributed by atoms with Crippen LogP contribution in [0, 0.1) is 17.2 Å². The lowest BCUT2D eigenvalue weighted by atomic mass is 9.89. The van der Waals surface area contributed by atoms with Crippen molar-refractivity contribution in [2.45, 2.75) is 26.2 Å². The molecule has 1 unspecified atom stereocenters. The van der Waals surface area contributed by atoms with Gasteiger partial charge >= 0.3 is 0 Å². The highest BCUT2D eigenvalue weighted by Crippen LogP contribution is 2.40. The Morgan fingerprint density at radius 3 is 3.10 bits per heavy atom. The third-order valence-electron chi connectivity index (χ3n) is 3.78. The molecule has 0 saturated heterocycles. The summed E-state index contributed by atoms with van der Waals surface area (Å²) in [5, 5.41) is 10.3. The number of thiophene rings is 1. The summed E-state index contributed by atoms with van der Waals surface area (Å²) >= 11 is 5.14. The molecule has 1 aromatic heterocycles. The first-order chi connectivity index (χ1) is 10.2. The Bertz CT molecular complexity index is 740. The van der Waals surface area contributed by atoms with Crippen molar-refractivity contribution in [3.8, 4) is 6.07 Å². The van der Waals surface area contributed by atoms with Gasteiger partial charge in [0.2, 0.25) is 0 Å². The van der Waals surface area contributed by atoms with Crippen LogP contribution in [-0.2, 0) is 12.8 Å². The maximum Gasteiger partial charge on any atom is 0.134 e. The Balaban J connectivity index is 1.94. The number of rotatable bonds is 2. The van der Waals surface area contributed by atoms with Gasteiger partial charge in [-0.25, -0.2) is 4.99 Å². The highest BCUT2D eigenvalue weighted by molar-refractivity contribution is 9.10. The number of hydrogen-bond acceptors (Lipinski definition) is 3. The number of fused-ring (bicyclic) bond motifs is 1. The maximum atomic E-state index is 9.45. The van der Waals surface area contributed by atoms with Gasteiger partial charge in [0.25, 0.3) is 0 Å². The van der Waals surface area contributed by atoms with Crippen molar-refractivity contribution < 1.29 is 0 Å². The lowest BCUT2D eigenvalue weighted by Gasteiger charge is -2.17. The average Bonchev–Trinajstić information content (AvgIpc) is 2.81. The summed E-state index contributed by atoms with van der Waals surface area (Å²) < 4.78 is 1.03. The molecule has 0 N–H and O–H groups in total. The Morgan fingerprint density at radius 1 is 1.48 bits per heavy atom. The number of aliphatic imine (C=N–C) groups is 1. The molecule has 0 saturated carbocycles. The highest BCUT2D eigenvalue weighted by Gasteiger charge is 2.23. The van der Waals surface area contributed by atoms with Crippen LogP contribution in [0.15, 0.2) is 33.7 Å². The fourth-order valence-electron chi connectivity index (χ4n) is 2.66. The Kier molecular flexibility index (Phi) is 4.23. The lowest BCUT2D eigenvalue weighted by Crippen LogP contribution is -2.09. The number of nitrogens with zero attached hydrogens (tertiary/aromatic N) is 2. The van der Waals surface area contributed by atoms with Gasteiger partial charge in [-0.15, -0.1) is 11.3 Å². The molecule has 0 radical (unpaired) electrons. The normalized spacial score (nSPS) is 17.7. The second-order valence-electron chi connectivity index (χ2n) is 5.46. The van der Waals surface area contributed by atoms with Crippen molar-refractivity contribution in [1.29, 1.82) is 5.26 Å². The summed E-state index contributed by atoms with van der Waals surface area (Å²) in [6.45, 7) is 2.28. The third-order valence-corrected chi connectivity index (χ3v) is 5.44. The Morgan fingerprint density at radius 2 is 2.33 bits per heavy atom. The zero-order valence-corrected chi connectivity index (χ0v) is 14.2. The van der Waals surface area contributed by atoms with Crippen molar-refractivity contribution in [2.24, 2.45) is 10.9 Å². The van der Waals surface area contributed by atoms with Gasteiger partial charge in [-0.05, 0) is 48.4 Å². The average molecular weight is 359 g/mol. The molecule has 0 amide bonds. The summed E-state index contributed by atoms with van der Waals surface area (Å²) in [6.07, 6.45) is 5.11. The van der Waals surface area contributed by atoms with E-state index >= 15 is 0 Å². The molecular formula is C17H15BrN2S. The van der Waals surface area contributed by atoms with Crippen LogP contribution in [0.4, 0.5) is 5.00 Å². The molecule has 0 spiro atoms. The van der Waals surface area contributed by atoms with Crippen LogP contribution < -0.4 is 0 Å². The predicted molar refractivity (Wildman–Crippen MR) is 91.6 cm³/mol. The van der Waals surface area contributed by atoms with Crippen molar-refractivity contribution >= 4 is 38.5 Å². The monoisotopic (exact) mass is 358 g/mol. The third kappa shape index (κ3) is 3.09. The molecule has 21 heavy (non-hydrogen) atoms. The van der Waals surface area contributed by atoms with E-state index in [0.29, 0.717) is 5.92 Å². The van der Waals surface area contributed by atoms with Gasteiger partial charge in [0, 0.05) is 15.6 Å². The van der Waals surface area contributed by atoms with Gasteiger partial charge in [0.1, 0.15) is 11.1 Å². The molecule has 106 valence electrons. The highest BCUT2D eigenvalue weighted by atomic mass is 79.9. The number of halogens is 1. The molecule has 4 heteroatoms. The van der Waals surface area contributed by atoms with Gasteiger partial charge in [-0.3, -0.25) is 0 Å². The van der Waals surface area contributed by atoms with Crippen LogP contribution in [-0.4, -0.2) is 6.21 Å². The van der Waals surface area contributed by atoms with E-state index in [1.807, 2.05) is 30.5 Å². The molecule has 2 aromatic rings. The van der Waals surface area contributed by atoms with Crippen LogP contribution in [0.3, 0.4) is 0 Å². The molecular weight excluding hydrogens is 344 g/mol. The molecule has 0 bridgehead atoms. The first-order valence-corrected chi connectivity index (χ1v) is 8.62. The van der Waals surface area contributed by atoms with Crippen molar-refractivity contribution in [1.82, 2.24) is 0 Å².